The van der Waals surface area contributed by atoms with E-state index in [1.54, 1.807) is 11.3 Å². The fourth-order valence-corrected chi connectivity index (χ4v) is 4.75. The Morgan fingerprint density at radius 2 is 2.10 bits per heavy atom. The van der Waals surface area contributed by atoms with Crippen molar-refractivity contribution < 1.29 is 0 Å². The molecule has 0 aromatic carbocycles. The Morgan fingerprint density at radius 3 is 2.77 bits per heavy atom. The van der Waals surface area contributed by atoms with Gasteiger partial charge in [-0.25, -0.2) is 0 Å². The van der Waals surface area contributed by atoms with Gasteiger partial charge in [-0.1, -0.05) is 56.4 Å². The molecule has 2 N–H and O–H groups in total. The van der Waals surface area contributed by atoms with Crippen molar-refractivity contribution in [1.29, 1.82) is 0 Å². The zero-order valence-electron chi connectivity index (χ0n) is 19.2. The second-order valence-corrected chi connectivity index (χ2v) is 9.15. The number of hydrogen-bond donors (Lipinski definition) is 2. The summed E-state index contributed by atoms with van der Waals surface area (Å²) in [4.78, 5) is 8.04. The van der Waals surface area contributed by atoms with Crippen molar-refractivity contribution in [3.05, 3.63) is 47.3 Å². The summed E-state index contributed by atoms with van der Waals surface area (Å²) in [6, 6.07) is 0.288. The Bertz CT molecular complexity index is 888. The van der Waals surface area contributed by atoms with Crippen LogP contribution in [0.3, 0.4) is 0 Å². The normalized spacial score (nSPS) is 16.0. The van der Waals surface area contributed by atoms with Gasteiger partial charge in [-0.15, -0.1) is 10.2 Å². The second-order valence-electron chi connectivity index (χ2n) is 8.19. The molecule has 1 fully saturated rings. The van der Waals surface area contributed by atoms with Crippen LogP contribution in [0.2, 0.25) is 0 Å². The maximum absolute atomic E-state index is 4.44. The summed E-state index contributed by atoms with van der Waals surface area (Å²) in [6.07, 6.45) is 12.5. The zero-order valence-corrected chi connectivity index (χ0v) is 20.0. The van der Waals surface area contributed by atoms with Crippen molar-refractivity contribution in [2.75, 3.05) is 38.1 Å². The molecule has 2 aromatic heterocycles. The summed E-state index contributed by atoms with van der Waals surface area (Å²) < 4.78 is 0. The van der Waals surface area contributed by atoms with Crippen LogP contribution in [0, 0.1) is 0 Å². The monoisotopic (exact) mass is 440 g/mol. The van der Waals surface area contributed by atoms with E-state index in [1.807, 2.05) is 19.1 Å². The Labute approximate surface area is 190 Å². The first-order valence-electron chi connectivity index (χ1n) is 11.2. The van der Waals surface area contributed by atoms with E-state index in [-0.39, 0.29) is 6.04 Å². The third kappa shape index (κ3) is 6.08. The molecule has 0 saturated carbocycles. The van der Waals surface area contributed by atoms with Crippen LogP contribution in [0.25, 0.3) is 17.8 Å². The number of allylic oxidation sites excluding steroid dienone is 1. The number of hydrogen-bond acceptors (Lipinski definition) is 6. The molecule has 1 aliphatic heterocycles. The Balaban J connectivity index is 1.68. The summed E-state index contributed by atoms with van der Waals surface area (Å²) in [5.74, 6) is 0. The van der Waals surface area contributed by atoms with Crippen LogP contribution in [0.1, 0.15) is 54.9 Å². The van der Waals surface area contributed by atoms with Crippen LogP contribution in [-0.4, -0.2) is 59.3 Å². The summed E-state index contributed by atoms with van der Waals surface area (Å²) in [7, 11) is 2.16. The molecule has 31 heavy (non-hydrogen) atoms. The quantitative estimate of drug-likeness (QED) is 0.532. The first-order chi connectivity index (χ1) is 15.0. The van der Waals surface area contributed by atoms with E-state index < -0.39 is 0 Å². The van der Waals surface area contributed by atoms with E-state index in [9.17, 15) is 0 Å². The van der Waals surface area contributed by atoms with Crippen molar-refractivity contribution >= 4 is 34.3 Å². The summed E-state index contributed by atoms with van der Waals surface area (Å²) >= 11 is 1.63. The van der Waals surface area contributed by atoms with Gasteiger partial charge in [-0.3, -0.25) is 0 Å². The number of nitrogens with zero attached hydrogens (tertiary/aromatic N) is 4. The first kappa shape index (κ1) is 23.3. The molecule has 0 radical (unpaired) electrons. The number of H-pyrrole nitrogens is 1. The minimum atomic E-state index is 0.288. The molecule has 0 spiro atoms. The zero-order chi connectivity index (χ0) is 22.2. The van der Waals surface area contributed by atoms with E-state index in [0.29, 0.717) is 0 Å². The number of aromatic nitrogens is 3. The Hall–Kier alpha value is -2.38. The third-order valence-electron chi connectivity index (χ3n) is 5.77. The third-order valence-corrected chi connectivity index (χ3v) is 6.82. The van der Waals surface area contributed by atoms with Gasteiger partial charge in [0.1, 0.15) is 0 Å². The SMILES string of the molecule is C=Cc1c(CC(CCCC)NC(=C)c2nnc(N3CCN(C)CC3)s2)c[nH]c1/C=C\C. The highest BCUT2D eigenvalue weighted by molar-refractivity contribution is 7.16. The number of likely N-dealkylation sites (N-methyl/N-ethyl adjacent to an activating group) is 1. The van der Waals surface area contributed by atoms with Crippen LogP contribution >= 0.6 is 11.3 Å². The lowest BCUT2D eigenvalue weighted by Crippen LogP contribution is -2.44. The molecule has 0 amide bonds. The number of rotatable bonds is 11. The number of unbranched alkanes of at least 4 members (excludes halogenated alkanes) is 1. The number of aromatic amines is 1. The van der Waals surface area contributed by atoms with Crippen LogP contribution in [0.4, 0.5) is 5.13 Å². The largest absolute Gasteiger partial charge is 0.380 e. The predicted molar refractivity (Wildman–Crippen MR) is 134 cm³/mol. The van der Waals surface area contributed by atoms with E-state index >= 15 is 0 Å². The summed E-state index contributed by atoms with van der Waals surface area (Å²) in [5, 5.41) is 14.4. The average molecular weight is 441 g/mol. The number of piperazine rings is 1. The van der Waals surface area contributed by atoms with Gasteiger partial charge in [-0.2, -0.15) is 0 Å². The maximum atomic E-state index is 4.44. The van der Waals surface area contributed by atoms with Crippen LogP contribution in [0.15, 0.2) is 25.4 Å². The van der Waals surface area contributed by atoms with Crippen molar-refractivity contribution in [3.63, 3.8) is 0 Å². The topological polar surface area (TPSA) is 60.1 Å². The molecule has 7 heteroatoms. The van der Waals surface area contributed by atoms with E-state index in [4.69, 9.17) is 0 Å². The van der Waals surface area contributed by atoms with Crippen molar-refractivity contribution in [2.45, 2.75) is 45.6 Å². The smallest absolute Gasteiger partial charge is 0.208 e. The molecule has 1 aliphatic rings. The molecule has 6 nitrogen and oxygen atoms in total. The molecule has 1 unspecified atom stereocenters. The minimum Gasteiger partial charge on any atom is -0.380 e. The van der Waals surface area contributed by atoms with Crippen LogP contribution < -0.4 is 10.2 Å². The molecule has 3 rings (SSSR count). The fraction of sp³-hybridized carbons (Fsp3) is 0.500. The van der Waals surface area contributed by atoms with Crippen LogP contribution in [-0.2, 0) is 6.42 Å². The Kier molecular flexibility index (Phi) is 8.49. The number of nitrogens with one attached hydrogen (secondary N) is 2. The van der Waals surface area contributed by atoms with Gasteiger partial charge in [0, 0.05) is 49.7 Å². The highest BCUT2D eigenvalue weighted by Crippen LogP contribution is 2.26. The van der Waals surface area contributed by atoms with Gasteiger partial charge >= 0.3 is 0 Å². The van der Waals surface area contributed by atoms with Gasteiger partial charge in [0.05, 0.1) is 5.70 Å². The number of anilines is 1. The van der Waals surface area contributed by atoms with E-state index in [0.717, 1.165) is 60.6 Å². The lowest BCUT2D eigenvalue weighted by atomic mass is 9.99. The van der Waals surface area contributed by atoms with Gasteiger partial charge in [0.25, 0.3) is 0 Å². The van der Waals surface area contributed by atoms with Gasteiger partial charge in [0.15, 0.2) is 5.01 Å². The summed E-state index contributed by atoms with van der Waals surface area (Å²) in [5.41, 5.74) is 4.44. The van der Waals surface area contributed by atoms with Gasteiger partial charge in [-0.05, 0) is 38.5 Å². The highest BCUT2D eigenvalue weighted by Gasteiger charge is 2.20. The highest BCUT2D eigenvalue weighted by atomic mass is 32.1. The van der Waals surface area contributed by atoms with Gasteiger partial charge in [0.2, 0.25) is 5.13 Å². The molecular formula is C24H36N6S. The van der Waals surface area contributed by atoms with E-state index in [1.165, 1.54) is 24.0 Å². The maximum Gasteiger partial charge on any atom is 0.208 e. The molecule has 0 aliphatic carbocycles. The molecule has 2 aromatic rings. The average Bonchev–Trinajstić information content (AvgIpc) is 3.40. The van der Waals surface area contributed by atoms with Gasteiger partial charge < -0.3 is 20.1 Å². The molecular weight excluding hydrogens is 404 g/mol. The minimum absolute atomic E-state index is 0.288. The molecule has 3 heterocycles. The summed E-state index contributed by atoms with van der Waals surface area (Å²) in [6.45, 7) is 16.7. The lowest BCUT2D eigenvalue weighted by Gasteiger charge is -2.31. The molecule has 1 saturated heterocycles. The van der Waals surface area contributed by atoms with Crippen LogP contribution in [0.5, 0.6) is 0 Å². The molecule has 168 valence electrons. The van der Waals surface area contributed by atoms with Crippen molar-refractivity contribution in [2.24, 2.45) is 0 Å². The molecule has 0 bridgehead atoms. The standard InChI is InChI=1S/C24H36N6S/c1-6-9-11-20(16-19-17-25-22(10-7-2)21(19)8-3)26-18(4)23-27-28-24(31-23)30-14-12-29(5)13-15-30/h7-8,10,17,20,25-26H,3-4,6,9,11-16H2,1-2,5H3/b10-7-. The van der Waals surface area contributed by atoms with Crippen molar-refractivity contribution in [3.8, 4) is 0 Å². The Morgan fingerprint density at radius 1 is 1.32 bits per heavy atom. The second kappa shape index (κ2) is 11.3. The molecule has 1 atom stereocenters. The van der Waals surface area contributed by atoms with E-state index in [2.05, 4.69) is 69.7 Å². The lowest BCUT2D eigenvalue weighted by molar-refractivity contribution is 0.312. The first-order valence-corrected chi connectivity index (χ1v) is 12.1. The predicted octanol–water partition coefficient (Wildman–Crippen LogP) is 4.66. The van der Waals surface area contributed by atoms with Crippen molar-refractivity contribution in [1.82, 2.24) is 25.4 Å². The fourth-order valence-electron chi connectivity index (χ4n) is 3.92.